The van der Waals surface area contributed by atoms with Crippen LogP contribution in [0.3, 0.4) is 0 Å². The fourth-order valence-electron chi connectivity index (χ4n) is 2.43. The van der Waals surface area contributed by atoms with E-state index in [0.717, 1.165) is 5.56 Å². The molecule has 2 N–H and O–H groups in total. The van der Waals surface area contributed by atoms with Gasteiger partial charge in [0.15, 0.2) is 28.7 Å². The minimum Gasteiger partial charge on any atom is -0.454 e. The van der Waals surface area contributed by atoms with Crippen molar-refractivity contribution >= 4 is 0 Å². The first-order valence-corrected chi connectivity index (χ1v) is 6.07. The zero-order valence-electron chi connectivity index (χ0n) is 10.4. The third-order valence-corrected chi connectivity index (χ3v) is 3.29. The summed E-state index contributed by atoms with van der Waals surface area (Å²) in [5.41, 5.74) is 1.49. The van der Waals surface area contributed by atoms with E-state index in [9.17, 15) is 0 Å². The van der Waals surface area contributed by atoms with Crippen LogP contribution in [0, 0.1) is 0 Å². The number of rotatable bonds is 2. The molecule has 0 radical (unpaired) electrons. The number of nitrogens with two attached hydrogens (primary N) is 1. The van der Waals surface area contributed by atoms with E-state index in [1.807, 2.05) is 18.2 Å². The number of benzene rings is 2. The molecule has 20 heavy (non-hydrogen) atoms. The van der Waals surface area contributed by atoms with Crippen molar-refractivity contribution in [2.24, 2.45) is 5.90 Å². The molecule has 0 atom stereocenters. The fourth-order valence-corrected chi connectivity index (χ4v) is 2.43. The maximum Gasteiger partial charge on any atom is 0.231 e. The number of hydrogen-bond acceptors (Lipinski definition) is 6. The molecule has 2 aromatic rings. The van der Waals surface area contributed by atoms with Gasteiger partial charge in [0.25, 0.3) is 0 Å². The van der Waals surface area contributed by atoms with E-state index in [1.165, 1.54) is 0 Å². The van der Waals surface area contributed by atoms with Gasteiger partial charge in [-0.1, -0.05) is 12.1 Å². The monoisotopic (exact) mass is 273 g/mol. The highest BCUT2D eigenvalue weighted by Gasteiger charge is 2.28. The zero-order valence-corrected chi connectivity index (χ0v) is 10.4. The van der Waals surface area contributed by atoms with Gasteiger partial charge in [-0.2, -0.15) is 5.90 Å². The topological polar surface area (TPSA) is 72.2 Å². The van der Waals surface area contributed by atoms with Gasteiger partial charge in [0.05, 0.1) is 5.56 Å². The number of fused-ring (bicyclic) bond motifs is 2. The molecule has 0 amide bonds. The summed E-state index contributed by atoms with van der Waals surface area (Å²) >= 11 is 0. The minimum absolute atomic E-state index is 0.169. The van der Waals surface area contributed by atoms with Crippen molar-refractivity contribution in [2.45, 2.75) is 0 Å². The quantitative estimate of drug-likeness (QED) is 0.844. The van der Waals surface area contributed by atoms with Crippen LogP contribution in [-0.4, -0.2) is 13.6 Å². The van der Waals surface area contributed by atoms with Gasteiger partial charge in [-0.05, 0) is 18.2 Å². The van der Waals surface area contributed by atoms with Crippen molar-refractivity contribution in [1.82, 2.24) is 0 Å². The van der Waals surface area contributed by atoms with Crippen molar-refractivity contribution in [2.75, 3.05) is 13.6 Å². The van der Waals surface area contributed by atoms with Crippen molar-refractivity contribution in [3.05, 3.63) is 30.3 Å². The van der Waals surface area contributed by atoms with Crippen molar-refractivity contribution in [3.63, 3.8) is 0 Å². The molecule has 4 rings (SSSR count). The van der Waals surface area contributed by atoms with Crippen LogP contribution in [0.5, 0.6) is 28.7 Å². The molecule has 0 fully saturated rings. The highest BCUT2D eigenvalue weighted by molar-refractivity contribution is 5.85. The lowest BCUT2D eigenvalue weighted by Gasteiger charge is -2.12. The normalized spacial score (nSPS) is 14.4. The predicted molar refractivity (Wildman–Crippen MR) is 68.9 cm³/mol. The van der Waals surface area contributed by atoms with Gasteiger partial charge in [-0.3, -0.25) is 0 Å². The van der Waals surface area contributed by atoms with Crippen molar-refractivity contribution in [1.29, 1.82) is 0 Å². The molecule has 0 saturated heterocycles. The van der Waals surface area contributed by atoms with Crippen LogP contribution in [0.1, 0.15) is 0 Å². The standard InChI is InChI=1S/C14H11NO5/c15-20-9-4-5-11-14(19-7-17-11)12(9)8-2-1-3-10-13(8)18-6-16-10/h1-5H,6-7,15H2. The second-order valence-electron chi connectivity index (χ2n) is 4.33. The Bertz CT molecular complexity index is 686. The van der Waals surface area contributed by atoms with Crippen LogP contribution in [0.15, 0.2) is 30.3 Å². The number of hydrogen-bond donors (Lipinski definition) is 1. The Labute approximate surface area is 114 Å². The predicted octanol–water partition coefficient (Wildman–Crippen LogP) is 2.06. The maximum atomic E-state index is 5.53. The Kier molecular flexibility index (Phi) is 2.37. The highest BCUT2D eigenvalue weighted by atomic mass is 16.7. The molecule has 2 aromatic carbocycles. The average Bonchev–Trinajstić information content (AvgIpc) is 3.14. The molecule has 2 heterocycles. The second kappa shape index (κ2) is 4.21. The van der Waals surface area contributed by atoms with Gasteiger partial charge >= 0.3 is 0 Å². The molecule has 0 bridgehead atoms. The lowest BCUT2D eigenvalue weighted by atomic mass is 10.0. The van der Waals surface area contributed by atoms with E-state index < -0.39 is 0 Å². The Morgan fingerprint density at radius 1 is 0.850 bits per heavy atom. The van der Waals surface area contributed by atoms with Crippen molar-refractivity contribution in [3.8, 4) is 39.9 Å². The van der Waals surface area contributed by atoms with E-state index in [1.54, 1.807) is 12.1 Å². The molecular formula is C14H11NO5. The van der Waals surface area contributed by atoms with Crippen LogP contribution < -0.4 is 29.7 Å². The lowest BCUT2D eigenvalue weighted by Crippen LogP contribution is -2.04. The summed E-state index contributed by atoms with van der Waals surface area (Å²) in [6.45, 7) is 0.361. The van der Waals surface area contributed by atoms with Crippen LogP contribution in [0.4, 0.5) is 0 Å². The molecule has 0 aromatic heterocycles. The highest BCUT2D eigenvalue weighted by Crippen LogP contribution is 2.51. The van der Waals surface area contributed by atoms with Gasteiger partial charge in [0.1, 0.15) is 0 Å². The molecule has 2 aliphatic rings. The molecule has 6 heteroatoms. The molecule has 0 saturated carbocycles. The van der Waals surface area contributed by atoms with Crippen LogP contribution in [0.25, 0.3) is 11.1 Å². The van der Waals surface area contributed by atoms with Gasteiger partial charge in [-0.25, -0.2) is 0 Å². The number of para-hydroxylation sites is 1. The molecule has 0 aliphatic carbocycles. The zero-order chi connectivity index (χ0) is 13.5. The van der Waals surface area contributed by atoms with Crippen LogP contribution in [-0.2, 0) is 0 Å². The Morgan fingerprint density at radius 2 is 1.60 bits per heavy atom. The molecule has 2 aliphatic heterocycles. The third kappa shape index (κ3) is 1.48. The number of ether oxygens (including phenoxy) is 4. The first-order valence-electron chi connectivity index (χ1n) is 6.07. The summed E-state index contributed by atoms with van der Waals surface area (Å²) in [4.78, 5) is 4.95. The first-order chi connectivity index (χ1) is 9.88. The molecule has 6 nitrogen and oxygen atoms in total. The van der Waals surface area contributed by atoms with Gasteiger partial charge in [0.2, 0.25) is 13.6 Å². The molecule has 102 valence electrons. The van der Waals surface area contributed by atoms with Crippen LogP contribution in [0.2, 0.25) is 0 Å². The van der Waals surface area contributed by atoms with E-state index in [-0.39, 0.29) is 13.6 Å². The third-order valence-electron chi connectivity index (χ3n) is 3.29. The molecule has 0 spiro atoms. The van der Waals surface area contributed by atoms with Gasteiger partial charge in [-0.15, -0.1) is 0 Å². The Hall–Kier alpha value is -2.60. The Morgan fingerprint density at radius 3 is 2.40 bits per heavy atom. The second-order valence-corrected chi connectivity index (χ2v) is 4.33. The van der Waals surface area contributed by atoms with E-state index >= 15 is 0 Å². The summed E-state index contributed by atoms with van der Waals surface area (Å²) in [7, 11) is 0. The summed E-state index contributed by atoms with van der Waals surface area (Å²) in [5.74, 6) is 8.42. The molecule has 0 unspecified atom stereocenters. The van der Waals surface area contributed by atoms with E-state index in [2.05, 4.69) is 0 Å². The minimum atomic E-state index is 0.169. The fraction of sp³-hybridized carbons (Fsp3) is 0.143. The summed E-state index contributed by atoms with van der Waals surface area (Å²) in [6, 6.07) is 9.10. The lowest BCUT2D eigenvalue weighted by molar-refractivity contribution is 0.172. The largest absolute Gasteiger partial charge is 0.454 e. The smallest absolute Gasteiger partial charge is 0.231 e. The summed E-state index contributed by atoms with van der Waals surface area (Å²) in [6.07, 6.45) is 0. The van der Waals surface area contributed by atoms with Crippen LogP contribution >= 0.6 is 0 Å². The van der Waals surface area contributed by atoms with Gasteiger partial charge in [0, 0.05) is 5.56 Å². The Balaban J connectivity index is 1.99. The summed E-state index contributed by atoms with van der Waals surface area (Å²) < 4.78 is 21.8. The van der Waals surface area contributed by atoms with E-state index in [4.69, 9.17) is 29.7 Å². The molecular weight excluding hydrogens is 262 g/mol. The van der Waals surface area contributed by atoms with Gasteiger partial charge < -0.3 is 23.8 Å². The average molecular weight is 273 g/mol. The SMILES string of the molecule is NOc1ccc2c(c1-c1cccc3c1OCO3)OCO2. The first kappa shape index (κ1) is 11.2. The maximum absolute atomic E-state index is 5.53. The summed E-state index contributed by atoms with van der Waals surface area (Å²) in [5, 5.41) is 0. The van der Waals surface area contributed by atoms with Crippen molar-refractivity contribution < 1.29 is 23.8 Å². The van der Waals surface area contributed by atoms with E-state index in [0.29, 0.717) is 34.3 Å².